The summed E-state index contributed by atoms with van der Waals surface area (Å²) in [6.45, 7) is -0.190. The average molecular weight is 521 g/mol. The predicted octanol–water partition coefficient (Wildman–Crippen LogP) is 7.19. The number of fused-ring (bicyclic) bond motifs is 1. The maximum absolute atomic E-state index is 13.0. The lowest BCUT2D eigenvalue weighted by molar-refractivity contribution is -0.123. The first kappa shape index (κ1) is 24.4. The van der Waals surface area contributed by atoms with E-state index in [0.717, 1.165) is 0 Å². The molecule has 184 valence electrons. The number of carbonyl (C=O) groups is 1. The molecule has 1 saturated carbocycles. The van der Waals surface area contributed by atoms with Gasteiger partial charge in [0.15, 0.2) is 6.61 Å². The largest absolute Gasteiger partial charge is 0.505 e. The van der Waals surface area contributed by atoms with Crippen LogP contribution >= 0.6 is 23.2 Å². The number of aromatic nitrogens is 1. The number of benzene rings is 3. The van der Waals surface area contributed by atoms with Gasteiger partial charge in [0, 0.05) is 22.2 Å². The highest BCUT2D eigenvalue weighted by molar-refractivity contribution is 6.35. The molecule has 1 heterocycles. The lowest BCUT2D eigenvalue weighted by Gasteiger charge is -2.23. The predicted molar refractivity (Wildman–Crippen MR) is 143 cm³/mol. The van der Waals surface area contributed by atoms with Gasteiger partial charge in [0.1, 0.15) is 17.0 Å². The number of halogens is 2. The molecule has 2 N–H and O–H groups in total. The fourth-order valence-electron chi connectivity index (χ4n) is 4.91. The second kappa shape index (κ2) is 10.8. The molecule has 5 rings (SSSR count). The van der Waals surface area contributed by atoms with Gasteiger partial charge in [-0.15, -0.1) is 0 Å². The highest BCUT2D eigenvalue weighted by Crippen LogP contribution is 2.40. The molecule has 0 radical (unpaired) electrons. The highest BCUT2D eigenvalue weighted by Gasteiger charge is 2.25. The van der Waals surface area contributed by atoms with Crippen molar-refractivity contribution in [3.8, 4) is 11.5 Å². The standard InChI is InChI=1S/C29H26Cl2N2O3/c30-24-10-4-3-8-21(24)27(23-16-25(31)22-9-5-15-32-28(22)29(23)35)33-26(34)17-36-20-13-11-19(12-14-20)18-6-1-2-7-18/h3-5,8-16,18,27,35H,1-2,6-7,17H2,(H,33,34). The summed E-state index contributed by atoms with van der Waals surface area (Å²) < 4.78 is 5.77. The third-order valence-electron chi connectivity index (χ3n) is 6.75. The number of aromatic hydroxyl groups is 1. The van der Waals surface area contributed by atoms with Gasteiger partial charge in [0.05, 0.1) is 11.1 Å². The van der Waals surface area contributed by atoms with Crippen molar-refractivity contribution in [2.75, 3.05) is 6.61 Å². The molecule has 3 aromatic carbocycles. The monoisotopic (exact) mass is 520 g/mol. The maximum atomic E-state index is 13.0. The number of amides is 1. The van der Waals surface area contributed by atoms with Crippen LogP contribution < -0.4 is 10.1 Å². The number of hydrogen-bond donors (Lipinski definition) is 2. The Kier molecular flexibility index (Phi) is 7.30. The van der Waals surface area contributed by atoms with Gasteiger partial charge in [-0.3, -0.25) is 9.78 Å². The number of ether oxygens (including phenoxy) is 1. The Bertz CT molecular complexity index is 1390. The number of rotatable bonds is 7. The van der Waals surface area contributed by atoms with Gasteiger partial charge in [-0.25, -0.2) is 0 Å². The molecule has 1 amide bonds. The fourth-order valence-corrected chi connectivity index (χ4v) is 5.42. The molecule has 1 aromatic heterocycles. The molecule has 5 nitrogen and oxygen atoms in total. The molecule has 1 unspecified atom stereocenters. The number of carbonyl (C=O) groups excluding carboxylic acids is 1. The number of phenols is 1. The Morgan fingerprint density at radius 2 is 1.75 bits per heavy atom. The zero-order valence-electron chi connectivity index (χ0n) is 19.6. The molecule has 36 heavy (non-hydrogen) atoms. The van der Waals surface area contributed by atoms with Gasteiger partial charge < -0.3 is 15.2 Å². The van der Waals surface area contributed by atoms with E-state index in [0.29, 0.717) is 43.7 Å². The Morgan fingerprint density at radius 1 is 1.00 bits per heavy atom. The van der Waals surface area contributed by atoms with Gasteiger partial charge in [-0.1, -0.05) is 66.4 Å². The summed E-state index contributed by atoms with van der Waals surface area (Å²) in [7, 11) is 0. The van der Waals surface area contributed by atoms with E-state index in [-0.39, 0.29) is 18.3 Å². The van der Waals surface area contributed by atoms with E-state index in [4.69, 9.17) is 27.9 Å². The van der Waals surface area contributed by atoms with Gasteiger partial charge in [0.25, 0.3) is 5.91 Å². The van der Waals surface area contributed by atoms with Crippen molar-refractivity contribution in [3.63, 3.8) is 0 Å². The van der Waals surface area contributed by atoms with Crippen LogP contribution in [0.1, 0.15) is 54.3 Å². The van der Waals surface area contributed by atoms with Gasteiger partial charge >= 0.3 is 0 Å². The van der Waals surface area contributed by atoms with E-state index in [2.05, 4.69) is 22.4 Å². The van der Waals surface area contributed by atoms with Crippen molar-refractivity contribution in [1.29, 1.82) is 0 Å². The SMILES string of the molecule is O=C(COc1ccc(C2CCCC2)cc1)NC(c1ccccc1Cl)c1cc(Cl)c2cccnc2c1O. The third kappa shape index (κ3) is 5.13. The van der Waals surface area contributed by atoms with E-state index in [1.807, 2.05) is 18.2 Å². The third-order valence-corrected chi connectivity index (χ3v) is 7.41. The molecule has 0 bridgehead atoms. The Morgan fingerprint density at radius 3 is 2.50 bits per heavy atom. The van der Waals surface area contributed by atoms with Crippen LogP contribution in [0.25, 0.3) is 10.9 Å². The summed E-state index contributed by atoms with van der Waals surface area (Å²) >= 11 is 13.0. The van der Waals surface area contributed by atoms with Gasteiger partial charge in [-0.05, 0) is 66.3 Å². The fraction of sp³-hybridized carbons (Fsp3) is 0.241. The number of nitrogens with zero attached hydrogens (tertiary/aromatic N) is 1. The van der Waals surface area contributed by atoms with Crippen molar-refractivity contribution in [2.24, 2.45) is 0 Å². The van der Waals surface area contributed by atoms with Crippen LogP contribution in [0, 0.1) is 0 Å². The average Bonchev–Trinajstić information content (AvgIpc) is 3.44. The summed E-state index contributed by atoms with van der Waals surface area (Å²) in [5, 5.41) is 15.5. The van der Waals surface area contributed by atoms with Crippen molar-refractivity contribution in [1.82, 2.24) is 10.3 Å². The number of hydrogen-bond acceptors (Lipinski definition) is 4. The summed E-state index contributed by atoms with van der Waals surface area (Å²) in [4.78, 5) is 17.3. The molecular formula is C29H26Cl2N2O3. The first-order valence-corrected chi connectivity index (χ1v) is 12.8. The van der Waals surface area contributed by atoms with Crippen LogP contribution in [-0.4, -0.2) is 22.6 Å². The lowest BCUT2D eigenvalue weighted by atomic mass is 9.96. The molecule has 7 heteroatoms. The van der Waals surface area contributed by atoms with Gasteiger partial charge in [0.2, 0.25) is 0 Å². The van der Waals surface area contributed by atoms with Crippen molar-refractivity contribution in [3.05, 3.63) is 99.7 Å². The zero-order chi connectivity index (χ0) is 25.1. The first-order valence-electron chi connectivity index (χ1n) is 12.0. The molecule has 1 fully saturated rings. The maximum Gasteiger partial charge on any atom is 0.258 e. The first-order chi connectivity index (χ1) is 17.5. The van der Waals surface area contributed by atoms with Crippen LogP contribution in [-0.2, 0) is 4.79 Å². The van der Waals surface area contributed by atoms with E-state index in [1.54, 1.807) is 42.6 Å². The summed E-state index contributed by atoms with van der Waals surface area (Å²) in [6.07, 6.45) is 6.60. The second-order valence-corrected chi connectivity index (χ2v) is 9.87. The Balaban J connectivity index is 1.38. The lowest BCUT2D eigenvalue weighted by Crippen LogP contribution is -2.33. The van der Waals surface area contributed by atoms with Crippen LogP contribution in [0.2, 0.25) is 10.0 Å². The minimum absolute atomic E-state index is 0.0661. The molecule has 0 spiro atoms. The zero-order valence-corrected chi connectivity index (χ0v) is 21.1. The summed E-state index contributed by atoms with van der Waals surface area (Å²) in [6, 6.07) is 19.5. The van der Waals surface area contributed by atoms with Crippen LogP contribution in [0.4, 0.5) is 0 Å². The summed E-state index contributed by atoms with van der Waals surface area (Å²) in [5.41, 5.74) is 2.69. The quantitative estimate of drug-likeness (QED) is 0.270. The summed E-state index contributed by atoms with van der Waals surface area (Å²) in [5.74, 6) is 0.816. The van der Waals surface area contributed by atoms with Crippen molar-refractivity contribution >= 4 is 40.0 Å². The minimum atomic E-state index is -0.761. The van der Waals surface area contributed by atoms with Crippen LogP contribution in [0.3, 0.4) is 0 Å². The van der Waals surface area contributed by atoms with Crippen molar-refractivity contribution in [2.45, 2.75) is 37.6 Å². The van der Waals surface area contributed by atoms with E-state index in [1.165, 1.54) is 31.2 Å². The van der Waals surface area contributed by atoms with Crippen LogP contribution in [0.15, 0.2) is 72.9 Å². The van der Waals surface area contributed by atoms with Gasteiger partial charge in [-0.2, -0.15) is 0 Å². The van der Waals surface area contributed by atoms with Crippen LogP contribution in [0.5, 0.6) is 11.5 Å². The molecule has 0 aliphatic heterocycles. The second-order valence-electron chi connectivity index (χ2n) is 9.06. The smallest absolute Gasteiger partial charge is 0.258 e. The Labute approximate surface area is 220 Å². The van der Waals surface area contributed by atoms with Crippen molar-refractivity contribution < 1.29 is 14.6 Å². The van der Waals surface area contributed by atoms with E-state index in [9.17, 15) is 9.90 Å². The molecule has 1 atom stereocenters. The molecule has 4 aromatic rings. The minimum Gasteiger partial charge on any atom is -0.505 e. The van der Waals surface area contributed by atoms with E-state index < -0.39 is 6.04 Å². The normalized spacial score (nSPS) is 14.6. The molecule has 1 aliphatic carbocycles. The number of pyridine rings is 1. The van der Waals surface area contributed by atoms with E-state index >= 15 is 0 Å². The number of nitrogens with one attached hydrogen (secondary N) is 1. The molecule has 0 saturated heterocycles. The highest BCUT2D eigenvalue weighted by atomic mass is 35.5. The Hall–Kier alpha value is -3.28. The number of phenolic OH excluding ortho intramolecular Hbond substituents is 1. The molecular weight excluding hydrogens is 495 g/mol. The topological polar surface area (TPSA) is 71.5 Å². The molecule has 1 aliphatic rings.